The van der Waals surface area contributed by atoms with E-state index in [9.17, 15) is 4.79 Å². The first-order valence-electron chi connectivity index (χ1n) is 5.98. The van der Waals surface area contributed by atoms with Crippen LogP contribution in [-0.2, 0) is 24.3 Å². The summed E-state index contributed by atoms with van der Waals surface area (Å²) in [5, 5.41) is 2.98. The van der Waals surface area contributed by atoms with Crippen molar-refractivity contribution in [3.63, 3.8) is 0 Å². The van der Waals surface area contributed by atoms with Gasteiger partial charge in [0, 0.05) is 18.5 Å². The number of benzene rings is 1. The van der Waals surface area contributed by atoms with Crippen LogP contribution in [-0.4, -0.2) is 15.8 Å². The molecule has 3 nitrogen and oxygen atoms in total. The number of thiazole rings is 1. The first kappa shape index (κ1) is 11.4. The zero-order chi connectivity index (χ0) is 12.5. The Kier molecular flexibility index (Phi) is 2.88. The second kappa shape index (κ2) is 4.53. The highest BCUT2D eigenvalue weighted by Gasteiger charge is 2.23. The van der Waals surface area contributed by atoms with Gasteiger partial charge in [-0.2, -0.15) is 0 Å². The van der Waals surface area contributed by atoms with Gasteiger partial charge in [-0.15, -0.1) is 11.3 Å². The Hall–Kier alpha value is -1.68. The van der Waals surface area contributed by atoms with Crippen LogP contribution in [0, 0.1) is 6.92 Å². The summed E-state index contributed by atoms with van der Waals surface area (Å²) < 4.78 is 0. The van der Waals surface area contributed by atoms with Gasteiger partial charge in [-0.1, -0.05) is 24.3 Å². The monoisotopic (exact) mass is 258 g/mol. The highest BCUT2D eigenvalue weighted by molar-refractivity contribution is 7.09. The lowest BCUT2D eigenvalue weighted by atomic mass is 10.1. The number of nitrogens with zero attached hydrogens (tertiary/aromatic N) is 2. The highest BCUT2D eigenvalue weighted by atomic mass is 32.1. The molecule has 1 amide bonds. The average molecular weight is 258 g/mol. The number of hydrogen-bond acceptors (Lipinski definition) is 3. The van der Waals surface area contributed by atoms with Gasteiger partial charge in [-0.05, 0) is 18.1 Å². The molecule has 0 saturated heterocycles. The summed E-state index contributed by atoms with van der Waals surface area (Å²) in [6.07, 6.45) is 0.415. The van der Waals surface area contributed by atoms with Crippen molar-refractivity contribution in [2.75, 3.05) is 0 Å². The number of carbonyl (C=O) groups is 1. The van der Waals surface area contributed by atoms with Crippen molar-refractivity contribution in [3.05, 3.63) is 51.5 Å². The van der Waals surface area contributed by atoms with E-state index in [1.807, 2.05) is 29.3 Å². The van der Waals surface area contributed by atoms with Crippen molar-refractivity contribution in [1.82, 2.24) is 9.88 Å². The van der Waals surface area contributed by atoms with Crippen LogP contribution >= 0.6 is 11.3 Å². The third-order valence-electron chi connectivity index (χ3n) is 3.19. The molecule has 0 N–H and O–H groups in total. The Bertz CT molecular complexity index is 566. The maximum atomic E-state index is 12.2. The molecular weight excluding hydrogens is 244 g/mol. The molecule has 2 heterocycles. The Balaban J connectivity index is 1.69. The van der Waals surface area contributed by atoms with Gasteiger partial charge in [-0.3, -0.25) is 4.79 Å². The predicted octanol–water partition coefficient (Wildman–Crippen LogP) is 2.54. The quantitative estimate of drug-likeness (QED) is 0.829. The molecule has 0 fully saturated rings. The van der Waals surface area contributed by atoms with E-state index < -0.39 is 0 Å². The van der Waals surface area contributed by atoms with Gasteiger partial charge in [0.25, 0.3) is 0 Å². The molecule has 92 valence electrons. The van der Waals surface area contributed by atoms with Crippen molar-refractivity contribution < 1.29 is 4.79 Å². The number of hydrogen-bond donors (Lipinski definition) is 0. The minimum Gasteiger partial charge on any atom is -0.334 e. The summed E-state index contributed by atoms with van der Waals surface area (Å²) in [6, 6.07) is 8.23. The molecule has 0 saturated carbocycles. The van der Waals surface area contributed by atoms with Gasteiger partial charge < -0.3 is 4.90 Å². The van der Waals surface area contributed by atoms with Crippen molar-refractivity contribution in [2.45, 2.75) is 26.4 Å². The lowest BCUT2D eigenvalue weighted by Crippen LogP contribution is -2.27. The molecule has 1 aliphatic heterocycles. The molecule has 18 heavy (non-hydrogen) atoms. The average Bonchev–Trinajstić information content (AvgIpc) is 2.95. The van der Waals surface area contributed by atoms with E-state index in [0.717, 1.165) is 23.8 Å². The molecular formula is C14H14N2OS. The largest absolute Gasteiger partial charge is 0.334 e. The molecule has 0 bridgehead atoms. The summed E-state index contributed by atoms with van der Waals surface area (Å²) in [5.74, 6) is 0.163. The molecule has 1 aromatic carbocycles. The van der Waals surface area contributed by atoms with Crippen molar-refractivity contribution in [2.24, 2.45) is 0 Å². The summed E-state index contributed by atoms with van der Waals surface area (Å²) in [5.41, 5.74) is 3.42. The molecule has 4 heteroatoms. The fourth-order valence-electron chi connectivity index (χ4n) is 2.27. The van der Waals surface area contributed by atoms with Crippen molar-refractivity contribution >= 4 is 17.2 Å². The lowest BCUT2D eigenvalue weighted by Gasteiger charge is -2.14. The van der Waals surface area contributed by atoms with Gasteiger partial charge >= 0.3 is 0 Å². The number of aryl methyl sites for hydroxylation is 1. The number of rotatable bonds is 2. The van der Waals surface area contributed by atoms with Crippen LogP contribution in [0.4, 0.5) is 0 Å². The third-order valence-corrected chi connectivity index (χ3v) is 4.01. The summed E-state index contributed by atoms with van der Waals surface area (Å²) in [6.45, 7) is 3.43. The predicted molar refractivity (Wildman–Crippen MR) is 71.3 cm³/mol. The minimum atomic E-state index is 0.163. The van der Waals surface area contributed by atoms with Gasteiger partial charge in [0.2, 0.25) is 5.91 Å². The normalized spacial score (nSPS) is 13.7. The van der Waals surface area contributed by atoms with E-state index in [-0.39, 0.29) is 5.91 Å². The van der Waals surface area contributed by atoms with Crippen molar-refractivity contribution in [1.29, 1.82) is 0 Å². The number of fused-ring (bicyclic) bond motifs is 1. The fraction of sp³-hybridized carbons (Fsp3) is 0.286. The van der Waals surface area contributed by atoms with Crippen LogP contribution in [0.5, 0.6) is 0 Å². The van der Waals surface area contributed by atoms with E-state index in [0.29, 0.717) is 6.42 Å². The zero-order valence-electron chi connectivity index (χ0n) is 10.2. The van der Waals surface area contributed by atoms with E-state index in [2.05, 4.69) is 17.1 Å². The Morgan fingerprint density at radius 2 is 2.00 bits per heavy atom. The maximum Gasteiger partial charge on any atom is 0.229 e. The van der Waals surface area contributed by atoms with Crippen LogP contribution < -0.4 is 0 Å². The summed E-state index contributed by atoms with van der Waals surface area (Å²) in [4.78, 5) is 18.4. The lowest BCUT2D eigenvalue weighted by molar-refractivity contribution is -0.131. The fourth-order valence-corrected chi connectivity index (χ4v) is 2.88. The molecule has 1 aliphatic rings. The number of aromatic nitrogens is 1. The second-order valence-corrected chi connectivity index (χ2v) is 5.62. The Morgan fingerprint density at radius 3 is 2.56 bits per heavy atom. The Morgan fingerprint density at radius 1 is 1.33 bits per heavy atom. The smallest absolute Gasteiger partial charge is 0.229 e. The van der Waals surface area contributed by atoms with Crippen LogP contribution in [0.25, 0.3) is 0 Å². The molecule has 0 aliphatic carbocycles. The van der Waals surface area contributed by atoms with Gasteiger partial charge in [0.05, 0.1) is 17.1 Å². The molecule has 2 aromatic rings. The van der Waals surface area contributed by atoms with Crippen LogP contribution in [0.1, 0.15) is 21.8 Å². The maximum absolute atomic E-state index is 12.2. The van der Waals surface area contributed by atoms with E-state index in [4.69, 9.17) is 0 Å². The van der Waals surface area contributed by atoms with E-state index in [1.54, 1.807) is 11.3 Å². The molecule has 0 radical (unpaired) electrons. The van der Waals surface area contributed by atoms with Crippen LogP contribution in [0.2, 0.25) is 0 Å². The minimum absolute atomic E-state index is 0.163. The Labute approximate surface area is 110 Å². The first-order valence-corrected chi connectivity index (χ1v) is 6.86. The van der Waals surface area contributed by atoms with E-state index in [1.165, 1.54) is 11.1 Å². The second-order valence-electron chi connectivity index (χ2n) is 4.55. The van der Waals surface area contributed by atoms with E-state index >= 15 is 0 Å². The molecule has 0 unspecified atom stereocenters. The number of carbonyl (C=O) groups excluding carboxylic acids is 1. The SMILES string of the molecule is Cc1nc(CC(=O)N2Cc3ccccc3C2)cs1. The summed E-state index contributed by atoms with van der Waals surface area (Å²) in [7, 11) is 0. The molecule has 1 aromatic heterocycles. The molecule has 0 spiro atoms. The van der Waals surface area contributed by atoms with Crippen LogP contribution in [0.3, 0.4) is 0 Å². The van der Waals surface area contributed by atoms with Crippen molar-refractivity contribution in [3.8, 4) is 0 Å². The summed E-state index contributed by atoms with van der Waals surface area (Å²) >= 11 is 1.59. The first-order chi connectivity index (χ1) is 8.72. The van der Waals surface area contributed by atoms with Gasteiger partial charge in [0.15, 0.2) is 0 Å². The van der Waals surface area contributed by atoms with Gasteiger partial charge in [0.1, 0.15) is 0 Å². The molecule has 3 rings (SSSR count). The van der Waals surface area contributed by atoms with Crippen LogP contribution in [0.15, 0.2) is 29.6 Å². The van der Waals surface area contributed by atoms with Gasteiger partial charge in [-0.25, -0.2) is 4.98 Å². The number of amides is 1. The molecule has 0 atom stereocenters. The zero-order valence-corrected chi connectivity index (χ0v) is 11.0. The topological polar surface area (TPSA) is 33.2 Å². The highest BCUT2D eigenvalue weighted by Crippen LogP contribution is 2.23. The third kappa shape index (κ3) is 2.16. The standard InChI is InChI=1S/C14H14N2OS/c1-10-15-13(9-18-10)6-14(17)16-7-11-4-2-3-5-12(11)8-16/h2-5,9H,6-8H2,1H3.